The van der Waals surface area contributed by atoms with Crippen molar-refractivity contribution in [2.24, 2.45) is 0 Å². The fraction of sp³-hybridized carbons (Fsp3) is 0.182. The van der Waals surface area contributed by atoms with E-state index < -0.39 is 35.4 Å². The third-order valence-corrected chi connectivity index (χ3v) is 10.7. The second-order valence-electron chi connectivity index (χ2n) is 10.3. The molecule has 0 spiro atoms. The Kier molecular flexibility index (Phi) is 9.34. The van der Waals surface area contributed by atoms with Gasteiger partial charge in [0, 0.05) is 16.0 Å². The van der Waals surface area contributed by atoms with Gasteiger partial charge in [-0.2, -0.15) is 0 Å². The van der Waals surface area contributed by atoms with E-state index in [2.05, 4.69) is 10.3 Å². The number of esters is 1. The van der Waals surface area contributed by atoms with Gasteiger partial charge < -0.3 is 15.2 Å². The van der Waals surface area contributed by atoms with Crippen molar-refractivity contribution in [2.45, 2.75) is 34.7 Å². The number of nitrogens with zero attached hydrogens (tertiary/aromatic N) is 2. The van der Waals surface area contributed by atoms with Gasteiger partial charge in [0.05, 0.1) is 18.5 Å². The van der Waals surface area contributed by atoms with Crippen molar-refractivity contribution in [1.82, 2.24) is 15.2 Å². The lowest BCUT2D eigenvalue weighted by Gasteiger charge is -2.49. The van der Waals surface area contributed by atoms with Gasteiger partial charge in [-0.1, -0.05) is 103 Å². The Morgan fingerprint density at radius 3 is 2.20 bits per heavy atom. The van der Waals surface area contributed by atoms with Crippen LogP contribution in [0.3, 0.4) is 0 Å². The minimum Gasteiger partial charge on any atom is -0.481 e. The van der Waals surface area contributed by atoms with E-state index in [1.54, 1.807) is 5.38 Å². The van der Waals surface area contributed by atoms with Crippen molar-refractivity contribution in [1.29, 1.82) is 0 Å². The molecule has 2 N–H and O–H groups in total. The number of β-lactam (4-membered cyclic amide) rings is 1. The van der Waals surface area contributed by atoms with Gasteiger partial charge in [-0.05, 0) is 16.7 Å². The number of rotatable bonds is 11. The van der Waals surface area contributed by atoms with Gasteiger partial charge in [0.1, 0.15) is 17.1 Å². The molecule has 0 radical (unpaired) electrons. The number of fused-ring (bicyclic) bond motifs is 1. The maximum absolute atomic E-state index is 14.1. The summed E-state index contributed by atoms with van der Waals surface area (Å²) in [6, 6.07) is 27.2. The van der Waals surface area contributed by atoms with Crippen molar-refractivity contribution in [3.63, 3.8) is 0 Å². The summed E-state index contributed by atoms with van der Waals surface area (Å²) in [5.74, 6) is -1.99. The molecule has 1 aromatic heterocycles. The van der Waals surface area contributed by atoms with Gasteiger partial charge >= 0.3 is 11.9 Å². The zero-order valence-corrected chi connectivity index (χ0v) is 26.1. The summed E-state index contributed by atoms with van der Waals surface area (Å²) in [7, 11) is 0. The monoisotopic (exact) mass is 657 g/mol. The minimum absolute atomic E-state index is 0.106. The Labute approximate surface area is 271 Å². The fourth-order valence-corrected chi connectivity index (χ4v) is 8.56. The highest BCUT2D eigenvalue weighted by atomic mass is 32.2. The molecule has 45 heavy (non-hydrogen) atoms. The number of hydrogen-bond donors (Lipinski definition) is 2. The van der Waals surface area contributed by atoms with Crippen LogP contribution in [0.2, 0.25) is 0 Å². The molecule has 0 unspecified atom stereocenters. The number of thiazole rings is 1. The second-order valence-corrected chi connectivity index (χ2v) is 13.6. The maximum atomic E-state index is 14.1. The van der Waals surface area contributed by atoms with E-state index in [9.17, 15) is 19.2 Å². The van der Waals surface area contributed by atoms with Crippen LogP contribution in [0.15, 0.2) is 111 Å². The SMILES string of the molecule is O=C(O)Cc1csc(SC2=C(C(=O)OC(c3ccccc3)c3ccccc3)N3C(=O)[C@@H](NC(=O)Cc4ccccc4)[C@H]3SC2)n1. The van der Waals surface area contributed by atoms with E-state index >= 15 is 0 Å². The van der Waals surface area contributed by atoms with Crippen LogP contribution in [0, 0.1) is 0 Å². The van der Waals surface area contributed by atoms with Crippen LogP contribution >= 0.6 is 34.9 Å². The van der Waals surface area contributed by atoms with Gasteiger partial charge in [-0.25, -0.2) is 9.78 Å². The van der Waals surface area contributed by atoms with Crippen molar-refractivity contribution in [3.8, 4) is 0 Å². The predicted octanol–water partition coefficient (Wildman–Crippen LogP) is 5.05. The molecule has 2 amide bonds. The first-order chi connectivity index (χ1) is 21.9. The summed E-state index contributed by atoms with van der Waals surface area (Å²) >= 11 is 3.92. The molecule has 9 nitrogen and oxygen atoms in total. The van der Waals surface area contributed by atoms with Crippen LogP contribution in [-0.2, 0) is 36.8 Å². The Hall–Kier alpha value is -4.39. The summed E-state index contributed by atoms with van der Waals surface area (Å²) < 4.78 is 6.74. The van der Waals surface area contributed by atoms with Gasteiger partial charge in [0.25, 0.3) is 5.91 Å². The van der Waals surface area contributed by atoms with Gasteiger partial charge in [-0.3, -0.25) is 19.3 Å². The first kappa shape index (κ1) is 30.6. The molecule has 0 saturated carbocycles. The smallest absolute Gasteiger partial charge is 0.356 e. The number of aromatic nitrogens is 1. The Balaban J connectivity index is 1.29. The molecule has 2 aliphatic rings. The molecule has 0 bridgehead atoms. The Morgan fingerprint density at radius 1 is 0.956 bits per heavy atom. The Morgan fingerprint density at radius 2 is 1.58 bits per heavy atom. The maximum Gasteiger partial charge on any atom is 0.356 e. The fourth-order valence-electron chi connectivity index (χ4n) is 5.09. The highest BCUT2D eigenvalue weighted by molar-refractivity contribution is 8.07. The number of benzene rings is 3. The number of carboxylic acids is 1. The predicted molar refractivity (Wildman–Crippen MR) is 172 cm³/mol. The summed E-state index contributed by atoms with van der Waals surface area (Å²) in [6.07, 6.45) is -0.814. The van der Waals surface area contributed by atoms with Crippen LogP contribution in [0.25, 0.3) is 0 Å². The highest BCUT2D eigenvalue weighted by Crippen LogP contribution is 2.46. The number of nitrogens with one attached hydrogen (secondary N) is 1. The summed E-state index contributed by atoms with van der Waals surface area (Å²) in [6.45, 7) is 0. The van der Waals surface area contributed by atoms with Crippen molar-refractivity contribution in [2.75, 3.05) is 5.75 Å². The first-order valence-corrected chi connectivity index (χ1v) is 16.8. The van der Waals surface area contributed by atoms with Gasteiger partial charge in [-0.15, -0.1) is 23.1 Å². The number of aliphatic carboxylic acids is 1. The zero-order chi connectivity index (χ0) is 31.3. The molecule has 1 fully saturated rings. The topological polar surface area (TPSA) is 126 Å². The van der Waals surface area contributed by atoms with Crippen molar-refractivity contribution < 1.29 is 29.0 Å². The quantitative estimate of drug-likeness (QED) is 0.168. The third-order valence-electron chi connectivity index (χ3n) is 7.15. The van der Waals surface area contributed by atoms with Crippen LogP contribution in [-0.4, -0.2) is 55.9 Å². The number of hydrogen-bond acceptors (Lipinski definition) is 9. The van der Waals surface area contributed by atoms with Crippen LogP contribution in [0.1, 0.15) is 28.5 Å². The lowest BCUT2D eigenvalue weighted by Crippen LogP contribution is -2.70. The number of amides is 2. The Bertz CT molecular complexity index is 1710. The van der Waals surface area contributed by atoms with E-state index in [1.165, 1.54) is 39.8 Å². The molecule has 1 saturated heterocycles. The number of thioether (sulfide) groups is 2. The molecular weight excluding hydrogens is 631 g/mol. The number of carbonyl (C=O) groups is 4. The lowest BCUT2D eigenvalue weighted by molar-refractivity contribution is -0.154. The molecule has 2 atom stereocenters. The van der Waals surface area contributed by atoms with E-state index in [-0.39, 0.29) is 24.4 Å². The summed E-state index contributed by atoms with van der Waals surface area (Å²) in [4.78, 5) is 58.2. The van der Waals surface area contributed by atoms with E-state index in [0.29, 0.717) is 20.7 Å². The van der Waals surface area contributed by atoms with E-state index in [1.807, 2.05) is 91.0 Å². The molecular formula is C33H27N3O6S3. The average Bonchev–Trinajstić information content (AvgIpc) is 3.49. The second kappa shape index (κ2) is 13.7. The number of carboxylic acid groups (broad SMARTS) is 1. The molecule has 2 aliphatic heterocycles. The van der Waals surface area contributed by atoms with Crippen molar-refractivity contribution in [3.05, 3.63) is 129 Å². The molecule has 3 aromatic carbocycles. The first-order valence-electron chi connectivity index (χ1n) is 14.0. The molecule has 3 heterocycles. The third kappa shape index (κ3) is 6.98. The molecule has 4 aromatic rings. The summed E-state index contributed by atoms with van der Waals surface area (Å²) in [5.41, 5.74) is 2.89. The largest absolute Gasteiger partial charge is 0.481 e. The van der Waals surface area contributed by atoms with Gasteiger partial charge in [0.2, 0.25) is 5.91 Å². The zero-order valence-electron chi connectivity index (χ0n) is 23.7. The normalized spacial score (nSPS) is 17.4. The van der Waals surface area contributed by atoms with Crippen molar-refractivity contribution >= 4 is 58.6 Å². The number of ether oxygens (including phenoxy) is 1. The summed E-state index contributed by atoms with van der Waals surface area (Å²) in [5, 5.41) is 13.2. The lowest BCUT2D eigenvalue weighted by atomic mass is 10.0. The van der Waals surface area contributed by atoms with E-state index in [0.717, 1.165) is 16.7 Å². The minimum atomic E-state index is -0.990. The standard InChI is InChI=1S/C33H27N3O6S3/c37-25(16-20-10-4-1-5-11-20)35-27-30(40)36-28(24(19-43-31(27)36)45-33-34-23(18-44-33)17-26(38)39)32(41)42-29(21-12-6-2-7-13-21)22-14-8-3-9-15-22/h1-15,18,27,29,31H,16-17,19H2,(H,35,37)(H,38,39)/t27-,31-/m1/s1. The van der Waals surface area contributed by atoms with E-state index in [4.69, 9.17) is 9.84 Å². The average molecular weight is 658 g/mol. The number of carbonyl (C=O) groups excluding carboxylic acids is 3. The van der Waals surface area contributed by atoms with Gasteiger partial charge in [0.15, 0.2) is 10.4 Å². The van der Waals surface area contributed by atoms with Crippen LogP contribution in [0.5, 0.6) is 0 Å². The highest BCUT2D eigenvalue weighted by Gasteiger charge is 2.55. The molecule has 6 rings (SSSR count). The van der Waals surface area contributed by atoms with Crippen LogP contribution in [0.4, 0.5) is 0 Å². The molecule has 12 heteroatoms. The molecule has 228 valence electrons. The van der Waals surface area contributed by atoms with Crippen LogP contribution < -0.4 is 5.32 Å². The molecule has 0 aliphatic carbocycles.